The van der Waals surface area contributed by atoms with Gasteiger partial charge >= 0.3 is 5.69 Å². The molecule has 1 atom stereocenters. The molecule has 0 radical (unpaired) electrons. The Bertz CT molecular complexity index is 1720. The summed E-state index contributed by atoms with van der Waals surface area (Å²) in [4.78, 5) is 53.0. The third-order valence-corrected chi connectivity index (χ3v) is 7.38. The summed E-state index contributed by atoms with van der Waals surface area (Å²) >= 11 is 0. The molecule has 1 saturated carbocycles. The van der Waals surface area contributed by atoms with Crippen molar-refractivity contribution in [2.24, 2.45) is 5.92 Å². The Morgan fingerprint density at radius 3 is 2.43 bits per heavy atom. The Kier molecular flexibility index (Phi) is 6.18. The van der Waals surface area contributed by atoms with Gasteiger partial charge in [0, 0.05) is 24.0 Å². The highest BCUT2D eigenvalue weighted by Crippen LogP contribution is 2.32. The van der Waals surface area contributed by atoms with E-state index in [2.05, 4.69) is 0 Å². The Morgan fingerprint density at radius 1 is 1.05 bits per heavy atom. The molecule has 6 nitrogen and oxygen atoms in total. The van der Waals surface area contributed by atoms with Gasteiger partial charge in [0.1, 0.15) is 11.6 Å². The van der Waals surface area contributed by atoms with E-state index in [1.165, 1.54) is 22.1 Å². The molecule has 0 aliphatic heterocycles. The second-order valence-corrected chi connectivity index (χ2v) is 10.3. The number of fused-ring (bicyclic) bond motifs is 1. The van der Waals surface area contributed by atoms with Crippen molar-refractivity contribution in [1.82, 2.24) is 9.13 Å². The number of Topliss-reactive ketones (excluding diaryl/α,β-unsaturated/α-hetero) is 2. The molecule has 0 spiro atoms. The van der Waals surface area contributed by atoms with Crippen LogP contribution in [0, 0.1) is 18.7 Å². The van der Waals surface area contributed by atoms with Gasteiger partial charge in [-0.2, -0.15) is 0 Å². The molecule has 1 unspecified atom stereocenters. The first kappa shape index (κ1) is 24.8. The molecule has 1 heterocycles. The molecule has 3 aromatic rings. The minimum absolute atomic E-state index is 0.0167. The number of nitrogens with zero attached hydrogens (tertiary/aromatic N) is 2. The number of benzene rings is 2. The van der Waals surface area contributed by atoms with Crippen molar-refractivity contribution in [1.29, 1.82) is 0 Å². The Balaban J connectivity index is 1.91. The summed E-state index contributed by atoms with van der Waals surface area (Å²) in [5.74, 6) is -1.25. The van der Waals surface area contributed by atoms with Crippen molar-refractivity contribution in [2.45, 2.75) is 59.4 Å². The summed E-state index contributed by atoms with van der Waals surface area (Å²) in [5.41, 5.74) is 2.29. The van der Waals surface area contributed by atoms with Gasteiger partial charge in [-0.3, -0.25) is 23.5 Å². The van der Waals surface area contributed by atoms with Crippen LogP contribution in [0.2, 0.25) is 0 Å². The second-order valence-electron chi connectivity index (χ2n) is 10.3. The van der Waals surface area contributed by atoms with Gasteiger partial charge in [0.15, 0.2) is 5.78 Å². The first-order chi connectivity index (χ1) is 17.6. The van der Waals surface area contributed by atoms with Gasteiger partial charge in [-0.1, -0.05) is 31.2 Å². The fourth-order valence-electron chi connectivity index (χ4n) is 5.31. The molecule has 1 aromatic heterocycles. The number of halogens is 1. The quantitative estimate of drug-likeness (QED) is 0.522. The molecule has 7 heteroatoms. The van der Waals surface area contributed by atoms with Gasteiger partial charge < -0.3 is 0 Å². The van der Waals surface area contributed by atoms with Gasteiger partial charge in [0.2, 0.25) is 0 Å². The normalized spacial score (nSPS) is 17.2. The number of rotatable bonds is 6. The monoisotopic (exact) mass is 500 g/mol. The van der Waals surface area contributed by atoms with E-state index in [9.17, 15) is 23.6 Å². The van der Waals surface area contributed by atoms with Crippen LogP contribution in [0.15, 0.2) is 52.1 Å². The third kappa shape index (κ3) is 4.32. The molecule has 5 rings (SSSR count). The van der Waals surface area contributed by atoms with E-state index in [0.29, 0.717) is 27.6 Å². The van der Waals surface area contributed by atoms with Gasteiger partial charge in [0.25, 0.3) is 5.56 Å². The van der Waals surface area contributed by atoms with E-state index in [0.717, 1.165) is 24.0 Å². The minimum Gasteiger partial charge on any atom is -0.300 e. The maximum atomic E-state index is 14.9. The Morgan fingerprint density at radius 2 is 1.78 bits per heavy atom. The molecule has 2 aromatic carbocycles. The highest BCUT2D eigenvalue weighted by Gasteiger charge is 2.33. The maximum Gasteiger partial charge on any atom is 0.336 e. The highest BCUT2D eigenvalue weighted by atomic mass is 19.1. The van der Waals surface area contributed by atoms with E-state index >= 15 is 0 Å². The first-order valence-corrected chi connectivity index (χ1v) is 12.6. The molecule has 2 aliphatic rings. The van der Waals surface area contributed by atoms with Crippen LogP contribution < -0.4 is 21.8 Å². The fourth-order valence-corrected chi connectivity index (χ4v) is 5.31. The van der Waals surface area contributed by atoms with Crippen LogP contribution in [0.1, 0.15) is 56.3 Å². The van der Waals surface area contributed by atoms with Crippen LogP contribution >= 0.6 is 0 Å². The molecule has 0 saturated heterocycles. The summed E-state index contributed by atoms with van der Waals surface area (Å²) < 4.78 is 17.6. The predicted molar refractivity (Wildman–Crippen MR) is 140 cm³/mol. The zero-order valence-corrected chi connectivity index (χ0v) is 21.4. The fraction of sp³-hybridized carbons (Fsp3) is 0.333. The lowest BCUT2D eigenvalue weighted by atomic mass is 9.83. The van der Waals surface area contributed by atoms with Crippen molar-refractivity contribution in [2.75, 3.05) is 0 Å². The van der Waals surface area contributed by atoms with Crippen molar-refractivity contribution < 1.29 is 14.0 Å². The molecular weight excluding hydrogens is 471 g/mol. The summed E-state index contributed by atoms with van der Waals surface area (Å²) in [5, 5.41) is 0.561. The molecule has 0 N–H and O–H groups in total. The van der Waals surface area contributed by atoms with Gasteiger partial charge in [-0.15, -0.1) is 0 Å². The summed E-state index contributed by atoms with van der Waals surface area (Å²) in [6.07, 6.45) is 1.73. The summed E-state index contributed by atoms with van der Waals surface area (Å²) in [7, 11) is 0. The zero-order valence-electron chi connectivity index (χ0n) is 21.4. The van der Waals surface area contributed by atoms with Crippen molar-refractivity contribution in [3.05, 3.63) is 96.4 Å². The smallest absolute Gasteiger partial charge is 0.300 e. The van der Waals surface area contributed by atoms with E-state index in [-0.39, 0.29) is 35.8 Å². The summed E-state index contributed by atoms with van der Waals surface area (Å²) in [6, 6.07) is 11.8. The topological polar surface area (TPSA) is 78.1 Å². The van der Waals surface area contributed by atoms with Crippen LogP contribution in [0.5, 0.6) is 0 Å². The molecular formula is C30H29FN2O4. The lowest BCUT2D eigenvalue weighted by Gasteiger charge is -2.24. The Labute approximate surface area is 213 Å². The van der Waals surface area contributed by atoms with Crippen molar-refractivity contribution in [3.8, 4) is 5.69 Å². The molecule has 37 heavy (non-hydrogen) atoms. The number of carbonyl (C=O) groups is 2. The van der Waals surface area contributed by atoms with Gasteiger partial charge in [-0.25, -0.2) is 9.18 Å². The van der Waals surface area contributed by atoms with Crippen LogP contribution in [0.3, 0.4) is 0 Å². The Hall–Kier alpha value is -3.87. The second kappa shape index (κ2) is 9.21. The molecule has 190 valence electrons. The lowest BCUT2D eigenvalue weighted by molar-refractivity contribution is -0.116. The number of hydrogen-bond donors (Lipinski definition) is 0. The minimum atomic E-state index is -0.636. The number of hydrogen-bond acceptors (Lipinski definition) is 4. The zero-order chi connectivity index (χ0) is 26.6. The largest absolute Gasteiger partial charge is 0.336 e. The molecule has 0 amide bonds. The number of aryl methyl sites for hydroxylation is 1. The van der Waals surface area contributed by atoms with Crippen LogP contribution in [-0.2, 0) is 22.4 Å². The van der Waals surface area contributed by atoms with E-state index < -0.39 is 23.0 Å². The average molecular weight is 501 g/mol. The average Bonchev–Trinajstić information content (AvgIpc) is 3.67. The van der Waals surface area contributed by atoms with E-state index in [1.807, 2.05) is 0 Å². The first-order valence-electron chi connectivity index (χ1n) is 12.6. The van der Waals surface area contributed by atoms with Gasteiger partial charge in [-0.05, 0) is 80.5 Å². The number of ketones is 2. The molecule has 1 fully saturated rings. The van der Waals surface area contributed by atoms with Crippen LogP contribution in [0.25, 0.3) is 16.8 Å². The number of aromatic nitrogens is 2. The van der Waals surface area contributed by atoms with Crippen LogP contribution in [-0.4, -0.2) is 20.7 Å². The van der Waals surface area contributed by atoms with E-state index in [4.69, 9.17) is 0 Å². The van der Waals surface area contributed by atoms with E-state index in [1.54, 1.807) is 57.2 Å². The van der Waals surface area contributed by atoms with Crippen LogP contribution in [0.4, 0.5) is 4.39 Å². The standard InChI is InChI=1S/C30H29FN2O4/c1-16-8-9-21(25(31)12-16)15-24-18(3)28(35)19(4)27-26(24)29(36)33(22-10-11-22)30(37)32(27)23-7-5-6-20(14-23)13-17(2)34/h5-9,12,14,18,22H,10-11,13,15H2,1-4H3. The highest BCUT2D eigenvalue weighted by molar-refractivity contribution is 6.19. The molecule has 2 aliphatic carbocycles. The third-order valence-electron chi connectivity index (χ3n) is 7.38. The van der Waals surface area contributed by atoms with Crippen molar-refractivity contribution >= 4 is 22.7 Å². The molecule has 0 bridgehead atoms. The number of carbonyl (C=O) groups excluding carboxylic acids is 2. The lowest BCUT2D eigenvalue weighted by Crippen LogP contribution is -2.61. The van der Waals surface area contributed by atoms with Gasteiger partial charge in [0.05, 0.1) is 16.3 Å². The summed E-state index contributed by atoms with van der Waals surface area (Å²) in [6.45, 7) is 6.67. The van der Waals surface area contributed by atoms with Crippen molar-refractivity contribution in [3.63, 3.8) is 0 Å². The SMILES string of the molecule is CC(=O)Cc1cccc(-n2c3c(c(=O)n(C4CC4)c2=O)=C(Cc2ccc(C)cc2F)C(C)C(=O)C=3C)c1. The predicted octanol–water partition coefficient (Wildman–Crippen LogP) is 2.70. The maximum absolute atomic E-state index is 14.9.